The van der Waals surface area contributed by atoms with Gasteiger partial charge in [0.25, 0.3) is 5.78 Å². The molecule has 0 aromatic carbocycles. The Morgan fingerprint density at radius 3 is 2.45 bits per heavy atom. The zero-order valence-corrected chi connectivity index (χ0v) is 12.6. The molecule has 1 aromatic rings. The first-order valence-electron chi connectivity index (χ1n) is 5.42. The van der Waals surface area contributed by atoms with Crippen LogP contribution in [0.4, 0.5) is 13.2 Å². The van der Waals surface area contributed by atoms with E-state index < -0.39 is 12.0 Å². The molecule has 0 aliphatic rings. The maximum atomic E-state index is 12.3. The summed E-state index contributed by atoms with van der Waals surface area (Å²) in [7, 11) is 4.71. The highest BCUT2D eigenvalue weighted by molar-refractivity contribution is 7.15. The Kier molecular flexibility index (Phi) is 5.41. The molecule has 112 valence electrons. The number of hydrogen-bond acceptors (Lipinski definition) is 5. The fourth-order valence-corrected chi connectivity index (χ4v) is 2.48. The van der Waals surface area contributed by atoms with Crippen molar-refractivity contribution in [2.75, 3.05) is 21.1 Å². The number of rotatable bonds is 5. The van der Waals surface area contributed by atoms with Crippen LogP contribution in [0.15, 0.2) is 18.1 Å². The second-order valence-electron chi connectivity index (χ2n) is 4.19. The minimum Gasteiger partial charge on any atom is -0.364 e. The Balaban J connectivity index is 2.91. The van der Waals surface area contributed by atoms with Gasteiger partial charge in [-0.05, 0) is 0 Å². The first-order valence-corrected chi connectivity index (χ1v) is 6.62. The lowest BCUT2D eigenvalue weighted by atomic mass is 10.3. The number of carbonyl (C=O) groups is 1. The van der Waals surface area contributed by atoms with E-state index >= 15 is 0 Å². The van der Waals surface area contributed by atoms with Crippen LogP contribution in [0.2, 0.25) is 4.47 Å². The van der Waals surface area contributed by atoms with Crippen molar-refractivity contribution in [3.63, 3.8) is 0 Å². The minimum atomic E-state index is -4.88. The number of allylic oxidation sites excluding steroid dienone is 1. The van der Waals surface area contributed by atoms with Crippen molar-refractivity contribution >= 4 is 28.7 Å². The molecule has 0 fully saturated rings. The van der Waals surface area contributed by atoms with Crippen LogP contribution in [0.5, 0.6) is 0 Å². The summed E-state index contributed by atoms with van der Waals surface area (Å²) >= 11 is 6.92. The van der Waals surface area contributed by atoms with Gasteiger partial charge < -0.3 is 9.80 Å². The lowest BCUT2D eigenvalue weighted by Crippen LogP contribution is -2.30. The Morgan fingerprint density at radius 1 is 1.45 bits per heavy atom. The van der Waals surface area contributed by atoms with E-state index in [9.17, 15) is 18.0 Å². The van der Waals surface area contributed by atoms with Gasteiger partial charge in [0.05, 0.1) is 6.54 Å². The van der Waals surface area contributed by atoms with Crippen LogP contribution in [0.25, 0.3) is 0 Å². The summed E-state index contributed by atoms with van der Waals surface area (Å²) in [5, 5.41) is 0. The second-order valence-corrected chi connectivity index (χ2v) is 5.89. The summed E-state index contributed by atoms with van der Waals surface area (Å²) in [5.41, 5.74) is 0. The second kappa shape index (κ2) is 6.45. The number of alkyl halides is 3. The average molecular weight is 328 g/mol. The number of halogens is 4. The molecule has 4 nitrogen and oxygen atoms in total. The van der Waals surface area contributed by atoms with Crippen LogP contribution in [0, 0.1) is 0 Å². The fraction of sp³-hybridized carbons (Fsp3) is 0.455. The maximum Gasteiger partial charge on any atom is 0.454 e. The van der Waals surface area contributed by atoms with E-state index in [4.69, 9.17) is 11.6 Å². The van der Waals surface area contributed by atoms with Gasteiger partial charge in [0.1, 0.15) is 5.82 Å². The number of carbonyl (C=O) groups excluding carboxylic acids is 1. The van der Waals surface area contributed by atoms with Crippen LogP contribution < -0.4 is 0 Å². The quantitative estimate of drug-likeness (QED) is 0.779. The van der Waals surface area contributed by atoms with Gasteiger partial charge in [-0.25, -0.2) is 4.98 Å². The SMILES string of the molecule is CN(C)C(=CC(=O)C(F)(F)F)N(C)Cc1cnc(Cl)s1. The monoisotopic (exact) mass is 327 g/mol. The predicted octanol–water partition coefficient (Wildman–Crippen LogP) is 2.76. The van der Waals surface area contributed by atoms with E-state index in [0.717, 1.165) is 4.88 Å². The molecule has 0 radical (unpaired) electrons. The normalized spacial score (nSPS) is 12.4. The standard InChI is InChI=1S/C11H13ClF3N3OS/c1-17(2)9(4-8(19)11(13,14)15)18(3)6-7-5-16-10(12)20-7/h4-5H,6H2,1-3H3. The average Bonchev–Trinajstić information content (AvgIpc) is 2.69. The third-order valence-corrected chi connectivity index (χ3v) is 3.41. The Morgan fingerprint density at radius 2 is 2.05 bits per heavy atom. The third-order valence-electron chi connectivity index (χ3n) is 2.31. The van der Waals surface area contributed by atoms with Crippen molar-refractivity contribution in [3.8, 4) is 0 Å². The molecule has 0 saturated heterocycles. The van der Waals surface area contributed by atoms with Gasteiger partial charge in [0, 0.05) is 38.3 Å². The molecule has 0 atom stereocenters. The molecule has 1 aromatic heterocycles. The van der Waals surface area contributed by atoms with E-state index in [0.29, 0.717) is 17.1 Å². The van der Waals surface area contributed by atoms with Gasteiger partial charge in [-0.3, -0.25) is 4.79 Å². The molecule has 0 aliphatic heterocycles. The van der Waals surface area contributed by atoms with Crippen molar-refractivity contribution in [1.82, 2.24) is 14.8 Å². The number of nitrogens with zero attached hydrogens (tertiary/aromatic N) is 3. The van der Waals surface area contributed by atoms with E-state index in [1.807, 2.05) is 0 Å². The highest BCUT2D eigenvalue weighted by Gasteiger charge is 2.37. The molecule has 0 aliphatic carbocycles. The van der Waals surface area contributed by atoms with Gasteiger partial charge in [-0.15, -0.1) is 11.3 Å². The van der Waals surface area contributed by atoms with Gasteiger partial charge >= 0.3 is 6.18 Å². The highest BCUT2D eigenvalue weighted by atomic mass is 35.5. The smallest absolute Gasteiger partial charge is 0.364 e. The number of thiazole rings is 1. The summed E-state index contributed by atoms with van der Waals surface area (Å²) in [6.45, 7) is 0.305. The maximum absolute atomic E-state index is 12.3. The number of ketones is 1. The zero-order chi connectivity index (χ0) is 15.5. The van der Waals surface area contributed by atoms with Crippen LogP contribution >= 0.6 is 22.9 Å². The molecular weight excluding hydrogens is 315 g/mol. The molecule has 0 amide bonds. The molecule has 0 spiro atoms. The predicted molar refractivity (Wildman–Crippen MR) is 71.4 cm³/mol. The first kappa shape index (κ1) is 16.8. The molecule has 9 heteroatoms. The van der Waals surface area contributed by atoms with Crippen molar-refractivity contribution in [3.05, 3.63) is 27.4 Å². The summed E-state index contributed by atoms with van der Waals surface area (Å²) in [5.74, 6) is -1.74. The molecule has 1 heterocycles. The van der Waals surface area contributed by atoms with E-state index in [2.05, 4.69) is 4.98 Å². The van der Waals surface area contributed by atoms with Gasteiger partial charge in [-0.1, -0.05) is 11.6 Å². The number of aromatic nitrogens is 1. The lowest BCUT2D eigenvalue weighted by molar-refractivity contribution is -0.165. The van der Waals surface area contributed by atoms with Crippen molar-refractivity contribution < 1.29 is 18.0 Å². The molecule has 0 saturated carbocycles. The van der Waals surface area contributed by atoms with E-state index in [-0.39, 0.29) is 5.82 Å². The van der Waals surface area contributed by atoms with E-state index in [1.54, 1.807) is 27.3 Å². The molecule has 1 rings (SSSR count). The van der Waals surface area contributed by atoms with Crippen molar-refractivity contribution in [2.24, 2.45) is 0 Å². The zero-order valence-electron chi connectivity index (χ0n) is 11.0. The van der Waals surface area contributed by atoms with Crippen LogP contribution in [-0.2, 0) is 11.3 Å². The molecule has 0 unspecified atom stereocenters. The van der Waals surface area contributed by atoms with Crippen molar-refractivity contribution in [2.45, 2.75) is 12.7 Å². The molecular formula is C11H13ClF3N3OS. The Hall–Kier alpha value is -1.28. The first-order chi connectivity index (χ1) is 9.11. The summed E-state index contributed by atoms with van der Waals surface area (Å²) in [6, 6.07) is 0. The van der Waals surface area contributed by atoms with Crippen LogP contribution in [-0.4, -0.2) is 47.9 Å². The van der Waals surface area contributed by atoms with Crippen LogP contribution in [0.3, 0.4) is 0 Å². The highest BCUT2D eigenvalue weighted by Crippen LogP contribution is 2.22. The number of hydrogen-bond donors (Lipinski definition) is 0. The molecule has 0 N–H and O–H groups in total. The van der Waals surface area contributed by atoms with Gasteiger partial charge in [-0.2, -0.15) is 13.2 Å². The summed E-state index contributed by atoms with van der Waals surface area (Å²) in [4.78, 5) is 18.6. The largest absolute Gasteiger partial charge is 0.454 e. The Bertz CT molecular complexity index is 513. The molecule has 0 bridgehead atoms. The van der Waals surface area contributed by atoms with Gasteiger partial charge in [0.15, 0.2) is 4.47 Å². The summed E-state index contributed by atoms with van der Waals surface area (Å²) < 4.78 is 37.3. The van der Waals surface area contributed by atoms with Gasteiger partial charge in [0.2, 0.25) is 0 Å². The topological polar surface area (TPSA) is 36.4 Å². The lowest BCUT2D eigenvalue weighted by Gasteiger charge is -2.27. The van der Waals surface area contributed by atoms with E-state index in [1.165, 1.54) is 21.1 Å². The Labute approximate surface area is 123 Å². The minimum absolute atomic E-state index is 0.150. The molecule has 20 heavy (non-hydrogen) atoms. The van der Waals surface area contributed by atoms with Crippen molar-refractivity contribution in [1.29, 1.82) is 0 Å². The van der Waals surface area contributed by atoms with Crippen LogP contribution in [0.1, 0.15) is 4.88 Å². The summed E-state index contributed by atoms with van der Waals surface area (Å²) in [6.07, 6.45) is -2.76. The fourth-order valence-electron chi connectivity index (χ4n) is 1.45. The third kappa shape index (κ3) is 4.68.